The average Bonchev–Trinajstić information content (AvgIpc) is 2.17. The first-order valence-corrected chi connectivity index (χ1v) is 4.52. The van der Waals surface area contributed by atoms with Gasteiger partial charge < -0.3 is 10.1 Å². The maximum absolute atomic E-state index is 12.4. The van der Waals surface area contributed by atoms with Crippen molar-refractivity contribution < 1.29 is 27.1 Å². The number of rotatable bonds is 7. The molecular formula is C9H13F4NO2. The van der Waals surface area contributed by atoms with Crippen LogP contribution in [0.25, 0.3) is 0 Å². The number of alkyl halides is 4. The summed E-state index contributed by atoms with van der Waals surface area (Å²) < 4.78 is 52.7. The molecule has 0 saturated carbocycles. The van der Waals surface area contributed by atoms with Gasteiger partial charge in [-0.2, -0.15) is 8.78 Å². The molecule has 0 heterocycles. The zero-order valence-electron chi connectivity index (χ0n) is 8.73. The average molecular weight is 243 g/mol. The molecule has 0 aromatic rings. The topological polar surface area (TPSA) is 38.3 Å². The number of nitrogens with one attached hydrogen (secondary N) is 1. The molecule has 0 rings (SSSR count). The predicted octanol–water partition coefficient (Wildman–Crippen LogP) is 1.60. The van der Waals surface area contributed by atoms with Gasteiger partial charge in [-0.3, -0.25) is 0 Å². The quantitative estimate of drug-likeness (QED) is 0.419. The third-order valence-corrected chi connectivity index (χ3v) is 1.58. The van der Waals surface area contributed by atoms with Crippen LogP contribution in [0.4, 0.5) is 17.6 Å². The fourth-order valence-electron chi connectivity index (χ4n) is 0.763. The summed E-state index contributed by atoms with van der Waals surface area (Å²) in [5.74, 6) is -4.86. The van der Waals surface area contributed by atoms with Crippen LogP contribution in [0.2, 0.25) is 0 Å². The zero-order chi connectivity index (χ0) is 12.8. The zero-order valence-corrected chi connectivity index (χ0v) is 8.73. The van der Waals surface area contributed by atoms with Crippen LogP contribution >= 0.6 is 0 Å². The van der Waals surface area contributed by atoms with E-state index in [0.717, 1.165) is 0 Å². The van der Waals surface area contributed by atoms with E-state index >= 15 is 0 Å². The highest BCUT2D eigenvalue weighted by atomic mass is 19.3. The Morgan fingerprint density at radius 1 is 1.50 bits per heavy atom. The highest BCUT2D eigenvalue weighted by molar-refractivity contribution is 5.88. The lowest BCUT2D eigenvalue weighted by molar-refractivity contribution is -0.138. The highest BCUT2D eigenvalue weighted by Crippen LogP contribution is 2.21. The number of esters is 1. The Bertz CT molecular complexity index is 256. The molecular weight excluding hydrogens is 230 g/mol. The van der Waals surface area contributed by atoms with E-state index in [9.17, 15) is 22.4 Å². The molecule has 0 bridgehead atoms. The van der Waals surface area contributed by atoms with E-state index in [-0.39, 0.29) is 18.7 Å². The summed E-state index contributed by atoms with van der Waals surface area (Å²) in [6, 6.07) is 0. The first-order valence-electron chi connectivity index (χ1n) is 4.52. The smallest absolute Gasteiger partial charge is 0.334 e. The van der Waals surface area contributed by atoms with Crippen molar-refractivity contribution in [3.05, 3.63) is 12.2 Å². The van der Waals surface area contributed by atoms with Crippen molar-refractivity contribution in [2.45, 2.75) is 19.3 Å². The summed E-state index contributed by atoms with van der Waals surface area (Å²) in [6.45, 7) is 3.43. The van der Waals surface area contributed by atoms with Gasteiger partial charge in [0, 0.05) is 12.1 Å². The van der Waals surface area contributed by atoms with Crippen molar-refractivity contribution in [2.75, 3.05) is 19.7 Å². The van der Waals surface area contributed by atoms with Crippen LogP contribution in [-0.4, -0.2) is 38.0 Å². The van der Waals surface area contributed by atoms with Gasteiger partial charge in [0.2, 0.25) is 0 Å². The normalized spacial score (nSPS) is 11.6. The molecule has 0 aromatic carbocycles. The first-order chi connectivity index (χ1) is 7.31. The van der Waals surface area contributed by atoms with Gasteiger partial charge in [-0.05, 0) is 6.92 Å². The lowest BCUT2D eigenvalue weighted by atomic mass is 10.3. The lowest BCUT2D eigenvalue weighted by Gasteiger charge is -2.15. The minimum Gasteiger partial charge on any atom is -0.463 e. The van der Waals surface area contributed by atoms with Crippen molar-refractivity contribution in [1.29, 1.82) is 0 Å². The number of ether oxygens (including phenoxy) is 1. The van der Waals surface area contributed by atoms with Crippen molar-refractivity contribution in [3.8, 4) is 0 Å². The molecule has 7 heteroatoms. The van der Waals surface area contributed by atoms with E-state index in [4.69, 9.17) is 0 Å². The number of carbonyl (C=O) groups excluding carboxylic acids is 1. The number of halogens is 4. The van der Waals surface area contributed by atoms with Crippen molar-refractivity contribution in [2.24, 2.45) is 0 Å². The molecule has 16 heavy (non-hydrogen) atoms. The third kappa shape index (κ3) is 5.11. The number of hydrogen-bond donors (Lipinski definition) is 1. The molecule has 0 radical (unpaired) electrons. The summed E-state index contributed by atoms with van der Waals surface area (Å²) in [6.07, 6.45) is -3.74. The molecule has 0 aliphatic heterocycles. The van der Waals surface area contributed by atoms with E-state index < -0.39 is 24.9 Å². The second-order valence-electron chi connectivity index (χ2n) is 2.99. The maximum Gasteiger partial charge on any atom is 0.334 e. The van der Waals surface area contributed by atoms with Gasteiger partial charge in [-0.15, -0.1) is 0 Å². The molecule has 0 unspecified atom stereocenters. The largest absolute Gasteiger partial charge is 0.463 e. The molecule has 0 spiro atoms. The Balaban J connectivity index is 3.91. The molecule has 0 aromatic heterocycles. The van der Waals surface area contributed by atoms with Crippen molar-refractivity contribution in [3.63, 3.8) is 0 Å². The summed E-state index contributed by atoms with van der Waals surface area (Å²) in [5, 5.41) is 2.02. The SMILES string of the molecule is C=C(CNCC(F)(F)C(F)F)C(=O)OCC. The van der Waals surface area contributed by atoms with Gasteiger partial charge in [-0.1, -0.05) is 6.58 Å². The van der Waals surface area contributed by atoms with Gasteiger partial charge in [0.15, 0.2) is 0 Å². The maximum atomic E-state index is 12.4. The van der Waals surface area contributed by atoms with Gasteiger partial charge in [-0.25, -0.2) is 13.6 Å². The van der Waals surface area contributed by atoms with Crippen molar-refractivity contribution in [1.82, 2.24) is 5.32 Å². The van der Waals surface area contributed by atoms with Gasteiger partial charge >= 0.3 is 18.3 Å². The molecule has 0 aliphatic rings. The fourth-order valence-corrected chi connectivity index (χ4v) is 0.763. The Labute approximate surface area is 90.5 Å². The van der Waals surface area contributed by atoms with Crippen LogP contribution in [0, 0.1) is 0 Å². The minimum atomic E-state index is -4.12. The van der Waals surface area contributed by atoms with E-state index in [1.807, 2.05) is 5.32 Å². The second kappa shape index (κ2) is 6.47. The van der Waals surface area contributed by atoms with Gasteiger partial charge in [0.25, 0.3) is 0 Å². The summed E-state index contributed by atoms with van der Waals surface area (Å²) in [7, 11) is 0. The standard InChI is InChI=1S/C9H13F4NO2/c1-3-16-7(15)6(2)4-14-5-9(12,13)8(10)11/h8,14H,2-5H2,1H3. The van der Waals surface area contributed by atoms with E-state index in [0.29, 0.717) is 0 Å². The third-order valence-electron chi connectivity index (χ3n) is 1.58. The number of carbonyl (C=O) groups is 1. The monoisotopic (exact) mass is 243 g/mol. The van der Waals surface area contributed by atoms with E-state index in [1.54, 1.807) is 6.92 Å². The summed E-state index contributed by atoms with van der Waals surface area (Å²) in [4.78, 5) is 10.9. The fraction of sp³-hybridized carbons (Fsp3) is 0.667. The van der Waals surface area contributed by atoms with Gasteiger partial charge in [0.05, 0.1) is 13.2 Å². The van der Waals surface area contributed by atoms with Gasteiger partial charge in [0.1, 0.15) is 0 Å². The molecule has 0 aliphatic carbocycles. The summed E-state index contributed by atoms with van der Waals surface area (Å²) in [5.41, 5.74) is -0.0908. The Kier molecular flexibility index (Phi) is 6.02. The summed E-state index contributed by atoms with van der Waals surface area (Å²) >= 11 is 0. The van der Waals surface area contributed by atoms with Crippen LogP contribution in [0.3, 0.4) is 0 Å². The Morgan fingerprint density at radius 2 is 2.06 bits per heavy atom. The predicted molar refractivity (Wildman–Crippen MR) is 49.6 cm³/mol. The molecule has 0 fully saturated rings. The van der Waals surface area contributed by atoms with Crippen LogP contribution < -0.4 is 5.32 Å². The van der Waals surface area contributed by atoms with Crippen LogP contribution in [-0.2, 0) is 9.53 Å². The Morgan fingerprint density at radius 3 is 2.50 bits per heavy atom. The molecule has 3 nitrogen and oxygen atoms in total. The molecule has 0 amide bonds. The molecule has 0 saturated heterocycles. The molecule has 94 valence electrons. The highest BCUT2D eigenvalue weighted by Gasteiger charge is 2.40. The first kappa shape index (κ1) is 14.9. The Hall–Kier alpha value is -1.11. The van der Waals surface area contributed by atoms with Crippen LogP contribution in [0.5, 0.6) is 0 Å². The second-order valence-corrected chi connectivity index (χ2v) is 2.99. The van der Waals surface area contributed by atoms with E-state index in [1.165, 1.54) is 0 Å². The lowest BCUT2D eigenvalue weighted by Crippen LogP contribution is -2.40. The van der Waals surface area contributed by atoms with Crippen LogP contribution in [0.15, 0.2) is 12.2 Å². The van der Waals surface area contributed by atoms with Crippen LogP contribution in [0.1, 0.15) is 6.92 Å². The molecule has 0 atom stereocenters. The number of hydrogen-bond acceptors (Lipinski definition) is 3. The van der Waals surface area contributed by atoms with Crippen molar-refractivity contribution >= 4 is 5.97 Å². The molecule has 1 N–H and O–H groups in total. The minimum absolute atomic E-state index is 0.0908. The van der Waals surface area contributed by atoms with E-state index in [2.05, 4.69) is 11.3 Å².